The van der Waals surface area contributed by atoms with Gasteiger partial charge in [-0.15, -0.1) is 0 Å². The van der Waals surface area contributed by atoms with Crippen molar-refractivity contribution < 1.29 is 9.31 Å². The molecule has 0 unspecified atom stereocenters. The van der Waals surface area contributed by atoms with Crippen molar-refractivity contribution in [2.75, 3.05) is 5.32 Å². The Morgan fingerprint density at radius 1 is 1.63 bits per heavy atom. The molecule has 0 heterocycles. The Balaban J connectivity index is 2.82. The first-order valence-corrected chi connectivity index (χ1v) is 5.54. The molecule has 7 heteroatoms. The van der Waals surface area contributed by atoms with Crippen LogP contribution in [0.5, 0.6) is 0 Å². The highest BCUT2D eigenvalue weighted by Crippen LogP contribution is 2.20. The van der Waals surface area contributed by atoms with Crippen LogP contribution in [-0.2, 0) is 0 Å². The zero-order valence-electron chi connectivity index (χ0n) is 10.1. The average Bonchev–Trinajstić information content (AvgIpc) is 2.36. The molecule has 0 spiro atoms. The summed E-state index contributed by atoms with van der Waals surface area (Å²) >= 11 is 5.46. The zero-order chi connectivity index (χ0) is 14.4. The fourth-order valence-electron chi connectivity index (χ4n) is 1.15. The van der Waals surface area contributed by atoms with E-state index in [0.29, 0.717) is 5.69 Å². The minimum absolute atomic E-state index is 0.0674. The van der Waals surface area contributed by atoms with Crippen LogP contribution in [0.4, 0.5) is 15.8 Å². The van der Waals surface area contributed by atoms with E-state index in [4.69, 9.17) is 11.6 Å². The third kappa shape index (κ3) is 4.89. The topological polar surface area (TPSA) is 67.5 Å². The van der Waals surface area contributed by atoms with Crippen molar-refractivity contribution in [1.82, 2.24) is 0 Å². The summed E-state index contributed by atoms with van der Waals surface area (Å²) in [6.45, 7) is 4.97. The number of anilines is 1. The molecule has 0 aliphatic heterocycles. The maximum Gasteiger partial charge on any atom is 0.271 e. The first-order valence-electron chi connectivity index (χ1n) is 5.16. The number of aliphatic imine (C=N–C) groups is 1. The molecule has 0 amide bonds. The Bertz CT molecular complexity index is 566. The zero-order valence-corrected chi connectivity index (χ0v) is 10.8. The highest BCUT2D eigenvalue weighted by atomic mass is 35.5. The third-order valence-electron chi connectivity index (χ3n) is 2.00. The maximum absolute atomic E-state index is 13.5. The maximum atomic E-state index is 13.5. The molecule has 19 heavy (non-hydrogen) atoms. The lowest BCUT2D eigenvalue weighted by molar-refractivity contribution is -0.384. The lowest BCUT2D eigenvalue weighted by atomic mass is 10.2. The summed E-state index contributed by atoms with van der Waals surface area (Å²) in [5.41, 5.74) is 0.188. The number of nitrogens with zero attached hydrogens (tertiary/aromatic N) is 2. The minimum Gasteiger partial charge on any atom is -0.353 e. The standard InChI is InChI=1S/C12H11ClFN3O2/c1-8(12(14)7-15-9(2)13)16-10-4-3-5-11(6-10)17(18)19/h3-7,16H,1H2,2H3/b12-7+,15-9?. The third-order valence-corrected chi connectivity index (χ3v) is 2.09. The van der Waals surface area contributed by atoms with Gasteiger partial charge in [0, 0.05) is 17.8 Å². The van der Waals surface area contributed by atoms with Gasteiger partial charge in [-0.1, -0.05) is 24.2 Å². The lowest BCUT2D eigenvalue weighted by Crippen LogP contribution is -1.99. The molecule has 1 aromatic rings. The number of nitro groups is 1. The van der Waals surface area contributed by atoms with E-state index >= 15 is 0 Å². The molecule has 0 atom stereocenters. The molecule has 0 radical (unpaired) electrons. The highest BCUT2D eigenvalue weighted by molar-refractivity contribution is 6.64. The van der Waals surface area contributed by atoms with Gasteiger partial charge in [0.25, 0.3) is 5.69 Å². The molecule has 0 saturated heterocycles. The van der Waals surface area contributed by atoms with Gasteiger partial charge in [0.15, 0.2) is 5.83 Å². The summed E-state index contributed by atoms with van der Waals surface area (Å²) in [6.07, 6.45) is 0.912. The molecule has 0 aliphatic carbocycles. The van der Waals surface area contributed by atoms with Gasteiger partial charge in [-0.2, -0.15) is 0 Å². The molecule has 0 fully saturated rings. The Morgan fingerprint density at radius 2 is 2.32 bits per heavy atom. The summed E-state index contributed by atoms with van der Waals surface area (Å²) in [6, 6.07) is 5.65. The van der Waals surface area contributed by atoms with Crippen LogP contribution in [-0.4, -0.2) is 10.1 Å². The second kappa shape index (κ2) is 6.65. The number of non-ortho nitro benzene ring substituents is 1. The number of hydrogen-bond acceptors (Lipinski definition) is 4. The van der Waals surface area contributed by atoms with Crippen LogP contribution in [0.1, 0.15) is 6.92 Å². The molecule has 0 aromatic heterocycles. The van der Waals surface area contributed by atoms with Gasteiger partial charge in [-0.3, -0.25) is 10.1 Å². The molecule has 0 saturated carbocycles. The average molecular weight is 284 g/mol. The predicted octanol–water partition coefficient (Wildman–Crippen LogP) is 3.99. The number of halogens is 2. The van der Waals surface area contributed by atoms with Crippen molar-refractivity contribution >= 4 is 28.1 Å². The second-order valence-corrected chi connectivity index (χ2v) is 4.06. The van der Waals surface area contributed by atoms with Crippen molar-refractivity contribution in [3.05, 3.63) is 58.7 Å². The SMILES string of the molecule is C=C(Nc1cccc([N+](=O)[O-])c1)/C(F)=C\N=C(C)Cl. The summed E-state index contributed by atoms with van der Waals surface area (Å²) in [5.74, 6) is -0.716. The van der Waals surface area contributed by atoms with E-state index in [1.807, 2.05) is 0 Å². The second-order valence-electron chi connectivity index (χ2n) is 3.51. The van der Waals surface area contributed by atoms with Crippen LogP contribution >= 0.6 is 11.6 Å². The van der Waals surface area contributed by atoms with E-state index in [2.05, 4.69) is 16.9 Å². The molecular formula is C12H11ClFN3O2. The summed E-state index contributed by atoms with van der Waals surface area (Å²) < 4.78 is 13.5. The number of benzene rings is 1. The number of nitro benzene ring substituents is 1. The van der Waals surface area contributed by atoms with Gasteiger partial charge >= 0.3 is 0 Å². The van der Waals surface area contributed by atoms with Gasteiger partial charge in [-0.25, -0.2) is 9.38 Å². The molecule has 0 bridgehead atoms. The van der Waals surface area contributed by atoms with Crippen LogP contribution in [0.25, 0.3) is 0 Å². The molecular weight excluding hydrogens is 273 g/mol. The van der Waals surface area contributed by atoms with Gasteiger partial charge in [0.2, 0.25) is 0 Å². The number of nitrogens with one attached hydrogen (secondary N) is 1. The van der Waals surface area contributed by atoms with Crippen LogP contribution in [0.3, 0.4) is 0 Å². The Hall–Kier alpha value is -2.21. The van der Waals surface area contributed by atoms with Crippen molar-refractivity contribution in [2.24, 2.45) is 4.99 Å². The largest absolute Gasteiger partial charge is 0.353 e. The number of allylic oxidation sites excluding steroid dienone is 1. The molecule has 1 rings (SSSR count). The van der Waals surface area contributed by atoms with E-state index in [0.717, 1.165) is 6.20 Å². The van der Waals surface area contributed by atoms with Crippen molar-refractivity contribution in [3.63, 3.8) is 0 Å². The van der Waals surface area contributed by atoms with Crippen molar-refractivity contribution in [2.45, 2.75) is 6.92 Å². The van der Waals surface area contributed by atoms with Gasteiger partial charge in [0.05, 0.1) is 16.8 Å². The van der Waals surface area contributed by atoms with E-state index in [9.17, 15) is 14.5 Å². The van der Waals surface area contributed by atoms with Crippen molar-refractivity contribution in [3.8, 4) is 0 Å². The fraction of sp³-hybridized carbons (Fsp3) is 0.0833. The van der Waals surface area contributed by atoms with E-state index in [-0.39, 0.29) is 16.6 Å². The van der Waals surface area contributed by atoms with Crippen LogP contribution < -0.4 is 5.32 Å². The van der Waals surface area contributed by atoms with Gasteiger partial charge in [0.1, 0.15) is 5.17 Å². The highest BCUT2D eigenvalue weighted by Gasteiger charge is 2.07. The lowest BCUT2D eigenvalue weighted by Gasteiger charge is -2.06. The van der Waals surface area contributed by atoms with Crippen LogP contribution in [0, 0.1) is 10.1 Å². The van der Waals surface area contributed by atoms with Gasteiger partial charge < -0.3 is 5.32 Å². The van der Waals surface area contributed by atoms with E-state index < -0.39 is 10.8 Å². The quantitative estimate of drug-likeness (QED) is 0.384. The summed E-state index contributed by atoms with van der Waals surface area (Å²) in [7, 11) is 0. The molecule has 100 valence electrons. The van der Waals surface area contributed by atoms with E-state index in [1.165, 1.54) is 25.1 Å². The Kier molecular flexibility index (Phi) is 5.20. The normalized spacial score (nSPS) is 12.2. The monoisotopic (exact) mass is 283 g/mol. The molecule has 1 N–H and O–H groups in total. The Labute approximate surface area is 114 Å². The Morgan fingerprint density at radius 3 is 2.89 bits per heavy atom. The minimum atomic E-state index is -0.716. The molecule has 5 nitrogen and oxygen atoms in total. The van der Waals surface area contributed by atoms with Crippen LogP contribution in [0.2, 0.25) is 0 Å². The first-order chi connectivity index (χ1) is 8.90. The summed E-state index contributed by atoms with van der Waals surface area (Å²) in [5, 5.41) is 13.4. The van der Waals surface area contributed by atoms with E-state index in [1.54, 1.807) is 6.07 Å². The van der Waals surface area contributed by atoms with Crippen LogP contribution in [0.15, 0.2) is 53.6 Å². The van der Waals surface area contributed by atoms with Gasteiger partial charge in [-0.05, 0) is 13.0 Å². The fourth-order valence-corrected chi connectivity index (χ4v) is 1.20. The first kappa shape index (κ1) is 14.8. The number of rotatable bonds is 5. The predicted molar refractivity (Wildman–Crippen MR) is 74.0 cm³/mol. The molecule has 0 aliphatic rings. The molecule has 1 aromatic carbocycles. The summed E-state index contributed by atoms with van der Waals surface area (Å²) in [4.78, 5) is 13.6. The smallest absolute Gasteiger partial charge is 0.271 e. The van der Waals surface area contributed by atoms with Crippen molar-refractivity contribution in [1.29, 1.82) is 0 Å². The number of hydrogen-bond donors (Lipinski definition) is 1.